The third-order valence-electron chi connectivity index (χ3n) is 4.49. The van der Waals surface area contributed by atoms with E-state index in [2.05, 4.69) is 15.3 Å². The van der Waals surface area contributed by atoms with Crippen LogP contribution in [0, 0.1) is 0 Å². The molecule has 0 atom stereocenters. The van der Waals surface area contributed by atoms with E-state index in [1.807, 2.05) is 24.3 Å². The molecule has 0 saturated heterocycles. The number of aromatic nitrogens is 2. The summed E-state index contributed by atoms with van der Waals surface area (Å²) in [5.74, 6) is 0.506. The number of nitrogens with one attached hydrogen (secondary N) is 1. The summed E-state index contributed by atoms with van der Waals surface area (Å²) in [6.07, 6.45) is 5.24. The maximum Gasteiger partial charge on any atom is 0.280 e. The molecule has 1 aliphatic rings. The Kier molecular flexibility index (Phi) is 5.04. The first-order valence-electron chi connectivity index (χ1n) is 8.62. The van der Waals surface area contributed by atoms with Crippen LogP contribution in [0.2, 0.25) is 5.02 Å². The van der Waals surface area contributed by atoms with E-state index >= 15 is 0 Å². The van der Waals surface area contributed by atoms with E-state index in [1.165, 1.54) is 11.3 Å². The van der Waals surface area contributed by atoms with E-state index in [-0.39, 0.29) is 18.1 Å². The number of para-hydroxylation sites is 1. The van der Waals surface area contributed by atoms with Crippen LogP contribution < -0.4 is 10.1 Å². The minimum absolute atomic E-state index is 0.0880. The number of rotatable bonds is 4. The SMILES string of the molecule is O=C(NC1CCC(Oc2ccc(Cl)cn2)CC1)c1nc2ccccc2s1. The Hall–Kier alpha value is -2.18. The third kappa shape index (κ3) is 3.97. The van der Waals surface area contributed by atoms with Gasteiger partial charge in [0.1, 0.15) is 6.10 Å². The predicted molar refractivity (Wildman–Crippen MR) is 103 cm³/mol. The van der Waals surface area contributed by atoms with Crippen LogP contribution in [0.1, 0.15) is 35.5 Å². The highest BCUT2D eigenvalue weighted by atomic mass is 35.5. The number of thiazole rings is 1. The van der Waals surface area contributed by atoms with Gasteiger partial charge in [0.2, 0.25) is 5.88 Å². The lowest BCUT2D eigenvalue weighted by molar-refractivity contribution is 0.0890. The first kappa shape index (κ1) is 17.2. The van der Waals surface area contributed by atoms with E-state index in [1.54, 1.807) is 18.3 Å². The average molecular weight is 388 g/mol. The van der Waals surface area contributed by atoms with Gasteiger partial charge in [0, 0.05) is 18.3 Å². The van der Waals surface area contributed by atoms with Crippen molar-refractivity contribution in [1.29, 1.82) is 0 Å². The van der Waals surface area contributed by atoms with Crippen molar-refractivity contribution in [3.8, 4) is 5.88 Å². The molecule has 0 spiro atoms. The summed E-state index contributed by atoms with van der Waals surface area (Å²) >= 11 is 7.27. The highest BCUT2D eigenvalue weighted by Crippen LogP contribution is 2.25. The minimum atomic E-state index is -0.0880. The van der Waals surface area contributed by atoms with Gasteiger partial charge in [0.15, 0.2) is 5.01 Å². The lowest BCUT2D eigenvalue weighted by atomic mass is 9.93. The molecular formula is C19H18ClN3O2S. The summed E-state index contributed by atoms with van der Waals surface area (Å²) < 4.78 is 6.93. The molecule has 1 amide bonds. The first-order chi connectivity index (χ1) is 12.7. The summed E-state index contributed by atoms with van der Waals surface area (Å²) in [5, 5.41) is 4.23. The normalized spacial score (nSPS) is 20.0. The van der Waals surface area contributed by atoms with Crippen LogP contribution in [0.5, 0.6) is 5.88 Å². The molecule has 4 rings (SSSR count). The number of fused-ring (bicyclic) bond motifs is 1. The molecular weight excluding hydrogens is 370 g/mol. The lowest BCUT2D eigenvalue weighted by Gasteiger charge is -2.29. The number of hydrogen-bond acceptors (Lipinski definition) is 5. The number of ether oxygens (including phenoxy) is 1. The maximum atomic E-state index is 12.5. The zero-order chi connectivity index (χ0) is 17.9. The number of hydrogen-bond donors (Lipinski definition) is 1. The molecule has 0 unspecified atom stereocenters. The van der Waals surface area contributed by atoms with Crippen LogP contribution in [-0.2, 0) is 0 Å². The van der Waals surface area contributed by atoms with Crippen molar-refractivity contribution in [1.82, 2.24) is 15.3 Å². The first-order valence-corrected chi connectivity index (χ1v) is 9.81. The van der Waals surface area contributed by atoms with Crippen molar-refractivity contribution in [2.45, 2.75) is 37.8 Å². The number of pyridine rings is 1. The van der Waals surface area contributed by atoms with Gasteiger partial charge >= 0.3 is 0 Å². The van der Waals surface area contributed by atoms with Crippen molar-refractivity contribution < 1.29 is 9.53 Å². The van der Waals surface area contributed by atoms with Crippen LogP contribution in [0.15, 0.2) is 42.6 Å². The Morgan fingerprint density at radius 1 is 1.15 bits per heavy atom. The fourth-order valence-corrected chi connectivity index (χ4v) is 4.12. The third-order valence-corrected chi connectivity index (χ3v) is 5.74. The molecule has 5 nitrogen and oxygen atoms in total. The molecule has 2 aromatic heterocycles. The Balaban J connectivity index is 1.30. The second-order valence-electron chi connectivity index (χ2n) is 6.37. The standard InChI is InChI=1S/C19H18ClN3O2S/c20-12-5-10-17(21-11-12)25-14-8-6-13(7-9-14)22-18(24)19-23-15-3-1-2-4-16(15)26-19/h1-5,10-11,13-14H,6-9H2,(H,22,24). The molecule has 7 heteroatoms. The molecule has 0 radical (unpaired) electrons. The van der Waals surface area contributed by atoms with E-state index in [4.69, 9.17) is 16.3 Å². The van der Waals surface area contributed by atoms with Crippen LogP contribution in [0.3, 0.4) is 0 Å². The molecule has 1 fully saturated rings. The molecule has 1 aromatic carbocycles. The predicted octanol–water partition coefficient (Wildman–Crippen LogP) is 4.46. The highest BCUT2D eigenvalue weighted by molar-refractivity contribution is 7.20. The number of nitrogens with zero attached hydrogens (tertiary/aromatic N) is 2. The summed E-state index contributed by atoms with van der Waals surface area (Å²) in [6, 6.07) is 11.5. The van der Waals surface area contributed by atoms with Crippen LogP contribution >= 0.6 is 22.9 Å². The van der Waals surface area contributed by atoms with E-state index in [0.29, 0.717) is 15.9 Å². The van der Waals surface area contributed by atoms with Gasteiger partial charge in [-0.1, -0.05) is 23.7 Å². The Labute approximate surface area is 160 Å². The summed E-state index contributed by atoms with van der Waals surface area (Å²) in [7, 11) is 0. The van der Waals surface area contributed by atoms with Gasteiger partial charge in [-0.15, -0.1) is 11.3 Å². The molecule has 134 valence electrons. The average Bonchev–Trinajstić information content (AvgIpc) is 3.10. The van der Waals surface area contributed by atoms with Gasteiger partial charge in [0.05, 0.1) is 15.2 Å². The van der Waals surface area contributed by atoms with Gasteiger partial charge < -0.3 is 10.1 Å². The molecule has 26 heavy (non-hydrogen) atoms. The van der Waals surface area contributed by atoms with Gasteiger partial charge in [-0.05, 0) is 43.9 Å². The summed E-state index contributed by atoms with van der Waals surface area (Å²) in [5.41, 5.74) is 0.871. The highest BCUT2D eigenvalue weighted by Gasteiger charge is 2.25. The molecule has 1 saturated carbocycles. The summed E-state index contributed by atoms with van der Waals surface area (Å²) in [6.45, 7) is 0. The monoisotopic (exact) mass is 387 g/mol. The van der Waals surface area contributed by atoms with Gasteiger partial charge in [-0.3, -0.25) is 4.79 Å². The van der Waals surface area contributed by atoms with Crippen molar-refractivity contribution in [2.24, 2.45) is 0 Å². The van der Waals surface area contributed by atoms with Gasteiger partial charge in [-0.25, -0.2) is 9.97 Å². The van der Waals surface area contributed by atoms with Crippen molar-refractivity contribution >= 4 is 39.1 Å². The van der Waals surface area contributed by atoms with Crippen LogP contribution in [0.4, 0.5) is 0 Å². The van der Waals surface area contributed by atoms with Crippen LogP contribution in [0.25, 0.3) is 10.2 Å². The van der Waals surface area contributed by atoms with Gasteiger partial charge in [-0.2, -0.15) is 0 Å². The summed E-state index contributed by atoms with van der Waals surface area (Å²) in [4.78, 5) is 21.1. The fraction of sp³-hybridized carbons (Fsp3) is 0.316. The Morgan fingerprint density at radius 3 is 2.69 bits per heavy atom. The fourth-order valence-electron chi connectivity index (χ4n) is 3.14. The van der Waals surface area contributed by atoms with Crippen molar-refractivity contribution in [3.63, 3.8) is 0 Å². The maximum absolute atomic E-state index is 12.5. The number of halogens is 1. The zero-order valence-corrected chi connectivity index (χ0v) is 15.6. The molecule has 1 aliphatic carbocycles. The second kappa shape index (κ2) is 7.60. The smallest absolute Gasteiger partial charge is 0.280 e. The molecule has 3 aromatic rings. The number of carbonyl (C=O) groups is 1. The Morgan fingerprint density at radius 2 is 1.96 bits per heavy atom. The molecule has 0 bridgehead atoms. The quantitative estimate of drug-likeness (QED) is 0.717. The second-order valence-corrected chi connectivity index (χ2v) is 7.83. The molecule has 1 N–H and O–H groups in total. The van der Waals surface area contributed by atoms with Crippen molar-refractivity contribution in [3.05, 3.63) is 52.6 Å². The van der Waals surface area contributed by atoms with E-state index < -0.39 is 0 Å². The van der Waals surface area contributed by atoms with E-state index in [0.717, 1.165) is 35.9 Å². The lowest BCUT2D eigenvalue weighted by Crippen LogP contribution is -2.39. The molecule has 0 aliphatic heterocycles. The Bertz CT molecular complexity index is 872. The van der Waals surface area contributed by atoms with Crippen molar-refractivity contribution in [2.75, 3.05) is 0 Å². The van der Waals surface area contributed by atoms with Gasteiger partial charge in [0.25, 0.3) is 5.91 Å². The van der Waals surface area contributed by atoms with Crippen LogP contribution in [-0.4, -0.2) is 28.0 Å². The van der Waals surface area contributed by atoms with E-state index in [9.17, 15) is 4.79 Å². The number of amides is 1. The zero-order valence-electron chi connectivity index (χ0n) is 14.0. The number of benzene rings is 1. The topological polar surface area (TPSA) is 64.1 Å². The minimum Gasteiger partial charge on any atom is -0.474 e. The molecule has 2 heterocycles. The number of carbonyl (C=O) groups excluding carboxylic acids is 1. The largest absolute Gasteiger partial charge is 0.474 e.